The summed E-state index contributed by atoms with van der Waals surface area (Å²) >= 11 is 3.87. The molecule has 1 aliphatic heterocycles. The van der Waals surface area contributed by atoms with Gasteiger partial charge in [0, 0.05) is 13.6 Å². The topological polar surface area (TPSA) is 15.6 Å². The lowest BCUT2D eigenvalue weighted by Gasteiger charge is -2.26. The molecule has 3 heteroatoms. The first-order chi connectivity index (χ1) is 4.75. The van der Waals surface area contributed by atoms with Gasteiger partial charge in [0.15, 0.2) is 0 Å². The van der Waals surface area contributed by atoms with Crippen LogP contribution in [0.1, 0.15) is 12.8 Å². The molecule has 0 aromatic carbocycles. The van der Waals surface area contributed by atoms with Gasteiger partial charge in [-0.25, -0.2) is 4.40 Å². The fourth-order valence-corrected chi connectivity index (χ4v) is 1.46. The fraction of sp³-hybridized carbons (Fsp3) is 0.571. The van der Waals surface area contributed by atoms with Gasteiger partial charge in [0.2, 0.25) is 0 Å². The molecule has 0 radical (unpaired) electrons. The van der Waals surface area contributed by atoms with E-state index in [4.69, 9.17) is 0 Å². The first kappa shape index (κ1) is 7.66. The molecule has 0 saturated carbocycles. The molecular formula is C7H12N2S. The van der Waals surface area contributed by atoms with Crippen molar-refractivity contribution in [1.29, 1.82) is 0 Å². The minimum Gasteiger partial charge on any atom is -0.359 e. The molecule has 0 bridgehead atoms. The van der Waals surface area contributed by atoms with Crippen LogP contribution in [0, 0.1) is 0 Å². The Labute approximate surface area is 67.2 Å². The highest BCUT2D eigenvalue weighted by atomic mass is 32.1. The number of thiol groups is 1. The molecule has 0 aliphatic carbocycles. The van der Waals surface area contributed by atoms with Gasteiger partial charge >= 0.3 is 0 Å². The predicted molar refractivity (Wildman–Crippen MR) is 47.4 cm³/mol. The van der Waals surface area contributed by atoms with E-state index in [1.165, 1.54) is 6.42 Å². The Morgan fingerprint density at radius 3 is 2.80 bits per heavy atom. The summed E-state index contributed by atoms with van der Waals surface area (Å²) in [7, 11) is 2.01. The lowest BCUT2D eigenvalue weighted by molar-refractivity contribution is 0.466. The second-order valence-corrected chi connectivity index (χ2v) is 2.75. The van der Waals surface area contributed by atoms with Crippen molar-refractivity contribution >= 4 is 18.7 Å². The van der Waals surface area contributed by atoms with Gasteiger partial charge in [-0.1, -0.05) is 6.58 Å². The highest BCUT2D eigenvalue weighted by Crippen LogP contribution is 2.15. The Kier molecular flexibility index (Phi) is 2.38. The van der Waals surface area contributed by atoms with E-state index in [0.29, 0.717) is 0 Å². The van der Waals surface area contributed by atoms with E-state index in [9.17, 15) is 0 Å². The summed E-state index contributed by atoms with van der Waals surface area (Å²) in [5, 5.41) is 0. The number of likely N-dealkylation sites (tertiary alicyclic amines) is 1. The van der Waals surface area contributed by atoms with E-state index in [1.807, 2.05) is 7.05 Å². The average molecular weight is 156 g/mol. The smallest absolute Gasteiger partial charge is 0.138 e. The average Bonchev–Trinajstić information content (AvgIpc) is 1.88. The summed E-state index contributed by atoms with van der Waals surface area (Å²) in [6.07, 6.45) is 2.24. The summed E-state index contributed by atoms with van der Waals surface area (Å²) in [6.45, 7) is 4.96. The highest BCUT2D eigenvalue weighted by Gasteiger charge is 2.14. The molecule has 0 unspecified atom stereocenters. The van der Waals surface area contributed by atoms with Crippen LogP contribution in [0.4, 0.5) is 0 Å². The molecule has 1 saturated heterocycles. The van der Waals surface area contributed by atoms with Crippen LogP contribution in [0.2, 0.25) is 0 Å². The lowest BCUT2D eigenvalue weighted by atomic mass is 10.1. The normalized spacial score (nSPS) is 24.0. The molecule has 56 valence electrons. The molecular weight excluding hydrogens is 144 g/mol. The summed E-state index contributed by atoms with van der Waals surface area (Å²) in [5.74, 6) is 0.939. The van der Waals surface area contributed by atoms with Gasteiger partial charge in [0.1, 0.15) is 5.84 Å². The Hall–Kier alpha value is -0.440. The first-order valence-corrected chi connectivity index (χ1v) is 3.77. The van der Waals surface area contributed by atoms with Crippen molar-refractivity contribution in [3.8, 4) is 0 Å². The molecule has 0 aromatic rings. The van der Waals surface area contributed by atoms with Gasteiger partial charge in [0.25, 0.3) is 0 Å². The monoisotopic (exact) mass is 156 g/mol. The van der Waals surface area contributed by atoms with Gasteiger partial charge in [-0.15, -0.1) is 0 Å². The van der Waals surface area contributed by atoms with Crippen LogP contribution in [-0.2, 0) is 0 Å². The SMILES string of the molecule is C=C1CCCN(C)/C1=N/S. The van der Waals surface area contributed by atoms with Crippen molar-refractivity contribution in [3.63, 3.8) is 0 Å². The fourth-order valence-electron chi connectivity index (χ4n) is 1.16. The second-order valence-electron chi connectivity index (χ2n) is 2.55. The van der Waals surface area contributed by atoms with Crippen molar-refractivity contribution < 1.29 is 0 Å². The maximum absolute atomic E-state index is 3.90. The molecule has 0 spiro atoms. The van der Waals surface area contributed by atoms with E-state index in [0.717, 1.165) is 24.4 Å². The third-order valence-electron chi connectivity index (χ3n) is 1.74. The van der Waals surface area contributed by atoms with E-state index >= 15 is 0 Å². The van der Waals surface area contributed by atoms with E-state index < -0.39 is 0 Å². The zero-order valence-electron chi connectivity index (χ0n) is 6.17. The van der Waals surface area contributed by atoms with Gasteiger partial charge in [-0.2, -0.15) is 0 Å². The molecule has 2 nitrogen and oxygen atoms in total. The minimum absolute atomic E-state index is 0.939. The van der Waals surface area contributed by atoms with Crippen molar-refractivity contribution in [1.82, 2.24) is 4.90 Å². The van der Waals surface area contributed by atoms with E-state index in [2.05, 4.69) is 28.7 Å². The van der Waals surface area contributed by atoms with Crippen LogP contribution in [-0.4, -0.2) is 24.3 Å². The molecule has 0 aromatic heterocycles. The Morgan fingerprint density at radius 1 is 1.70 bits per heavy atom. The van der Waals surface area contributed by atoms with Gasteiger partial charge in [0.05, 0.1) is 0 Å². The van der Waals surface area contributed by atoms with E-state index in [1.54, 1.807) is 0 Å². The Morgan fingerprint density at radius 2 is 2.40 bits per heavy atom. The van der Waals surface area contributed by atoms with Crippen LogP contribution >= 0.6 is 12.8 Å². The van der Waals surface area contributed by atoms with Crippen molar-refractivity contribution in [2.24, 2.45) is 4.40 Å². The third-order valence-corrected chi connectivity index (χ3v) is 1.93. The van der Waals surface area contributed by atoms with Crippen LogP contribution in [0.15, 0.2) is 16.5 Å². The lowest BCUT2D eigenvalue weighted by Crippen LogP contribution is -2.32. The van der Waals surface area contributed by atoms with Gasteiger partial charge in [-0.3, -0.25) is 0 Å². The molecule has 1 fully saturated rings. The number of amidine groups is 1. The zero-order valence-corrected chi connectivity index (χ0v) is 7.06. The molecule has 0 amide bonds. The van der Waals surface area contributed by atoms with Crippen LogP contribution < -0.4 is 0 Å². The second kappa shape index (κ2) is 3.10. The van der Waals surface area contributed by atoms with Crippen molar-refractivity contribution in [3.05, 3.63) is 12.2 Å². The first-order valence-electron chi connectivity index (χ1n) is 3.37. The molecule has 1 aliphatic rings. The Balaban J connectivity index is 2.73. The number of likely N-dealkylation sites (N-methyl/N-ethyl adjacent to an activating group) is 1. The number of rotatable bonds is 0. The Bertz CT molecular complexity index is 174. The largest absolute Gasteiger partial charge is 0.359 e. The maximum Gasteiger partial charge on any atom is 0.138 e. The highest BCUT2D eigenvalue weighted by molar-refractivity contribution is 7.79. The van der Waals surface area contributed by atoms with Gasteiger partial charge in [-0.05, 0) is 31.2 Å². The van der Waals surface area contributed by atoms with Crippen molar-refractivity contribution in [2.75, 3.05) is 13.6 Å². The number of piperidine rings is 1. The summed E-state index contributed by atoms with van der Waals surface area (Å²) < 4.78 is 3.85. The number of hydrogen-bond donors (Lipinski definition) is 1. The van der Waals surface area contributed by atoms with E-state index in [-0.39, 0.29) is 0 Å². The molecule has 0 atom stereocenters. The molecule has 10 heavy (non-hydrogen) atoms. The summed E-state index contributed by atoms with van der Waals surface area (Å²) in [4.78, 5) is 2.08. The third kappa shape index (κ3) is 1.34. The molecule has 0 N–H and O–H groups in total. The summed E-state index contributed by atoms with van der Waals surface area (Å²) in [5.41, 5.74) is 1.10. The van der Waals surface area contributed by atoms with Gasteiger partial charge < -0.3 is 4.90 Å². The predicted octanol–water partition coefficient (Wildman–Crippen LogP) is 1.51. The van der Waals surface area contributed by atoms with Crippen LogP contribution in [0.5, 0.6) is 0 Å². The zero-order chi connectivity index (χ0) is 7.56. The quantitative estimate of drug-likeness (QED) is 0.526. The molecule has 1 rings (SSSR count). The molecule has 1 heterocycles. The minimum atomic E-state index is 0.939. The van der Waals surface area contributed by atoms with Crippen LogP contribution in [0.3, 0.4) is 0 Å². The maximum atomic E-state index is 3.90. The number of nitrogens with zero attached hydrogens (tertiary/aromatic N) is 2. The number of hydrogen-bond acceptors (Lipinski definition) is 2. The standard InChI is InChI=1S/C7H12N2S/c1-6-4-3-5-9(2)7(6)8-10/h10H,1,3-5H2,2H3/b8-7+. The summed E-state index contributed by atoms with van der Waals surface area (Å²) in [6, 6.07) is 0. The van der Waals surface area contributed by atoms with Crippen molar-refractivity contribution in [2.45, 2.75) is 12.8 Å². The van der Waals surface area contributed by atoms with Crippen LogP contribution in [0.25, 0.3) is 0 Å².